The normalized spacial score (nSPS) is 13.2. The van der Waals surface area contributed by atoms with Crippen LogP contribution in [0.3, 0.4) is 0 Å². The van der Waals surface area contributed by atoms with E-state index < -0.39 is 24.1 Å². The lowest BCUT2D eigenvalue weighted by Crippen LogP contribution is -2.50. The van der Waals surface area contributed by atoms with Crippen molar-refractivity contribution in [3.63, 3.8) is 0 Å². The molecule has 3 amide bonds. The van der Waals surface area contributed by atoms with Gasteiger partial charge >= 0.3 is 6.09 Å². The van der Waals surface area contributed by atoms with Crippen LogP contribution in [0.25, 0.3) is 11.1 Å². The fraction of sp³-hybridized carbons (Fsp3) is 0.235. The molecule has 1 aliphatic carbocycles. The Kier molecular flexibility index (Phi) is 13.3. The van der Waals surface area contributed by atoms with E-state index in [1.807, 2.05) is 118 Å². The summed E-state index contributed by atoms with van der Waals surface area (Å²) in [4.78, 5) is 40.9. The number of methoxy groups -OCH3 is 2. The van der Waals surface area contributed by atoms with Crippen molar-refractivity contribution in [1.82, 2.24) is 16.0 Å². The van der Waals surface area contributed by atoms with Crippen molar-refractivity contribution in [2.24, 2.45) is 5.92 Å². The highest BCUT2D eigenvalue weighted by molar-refractivity contribution is 5.87. The number of hydrogen-bond donors (Lipinski definition) is 3. The van der Waals surface area contributed by atoms with Gasteiger partial charge in [0.2, 0.25) is 5.91 Å². The summed E-state index contributed by atoms with van der Waals surface area (Å²) in [7, 11) is 3.12. The molecule has 6 aromatic rings. The Bertz CT molecular complexity index is 2410. The Balaban J connectivity index is 1.05. The number of rotatable bonds is 16. The lowest BCUT2D eigenvalue weighted by atomic mass is 9.95. The molecule has 1 aliphatic rings. The Morgan fingerprint density at radius 1 is 0.607 bits per heavy atom. The van der Waals surface area contributed by atoms with Gasteiger partial charge in [0.1, 0.15) is 29.9 Å². The monoisotopic (exact) mass is 817 g/mol. The quantitative estimate of drug-likeness (QED) is 0.0891. The van der Waals surface area contributed by atoms with Gasteiger partial charge in [0, 0.05) is 17.5 Å². The number of nitrogens with one attached hydrogen (secondary N) is 3. The Morgan fingerprint density at radius 3 is 1.80 bits per heavy atom. The molecule has 0 aliphatic heterocycles. The fourth-order valence-corrected chi connectivity index (χ4v) is 7.80. The van der Waals surface area contributed by atoms with Crippen LogP contribution in [0.4, 0.5) is 4.79 Å². The molecule has 0 saturated carbocycles. The van der Waals surface area contributed by atoms with Crippen molar-refractivity contribution >= 4 is 17.9 Å². The third kappa shape index (κ3) is 9.87. The second-order valence-electron chi connectivity index (χ2n) is 15.4. The van der Waals surface area contributed by atoms with E-state index in [0.717, 1.165) is 38.9 Å². The summed E-state index contributed by atoms with van der Waals surface area (Å²) in [6.07, 6.45) is -0.686. The van der Waals surface area contributed by atoms with E-state index >= 15 is 0 Å². The molecule has 0 radical (unpaired) electrons. The summed E-state index contributed by atoms with van der Waals surface area (Å²) in [5.41, 5.74) is 8.87. The molecule has 10 nitrogen and oxygen atoms in total. The minimum Gasteiger partial charge on any atom is -0.497 e. The van der Waals surface area contributed by atoms with Gasteiger partial charge in [0.15, 0.2) is 6.61 Å². The Morgan fingerprint density at radius 2 is 1.18 bits per heavy atom. The number of amides is 3. The molecule has 0 bridgehead atoms. The third-order valence-electron chi connectivity index (χ3n) is 11.0. The Labute approximate surface area is 357 Å². The first-order chi connectivity index (χ1) is 29.6. The fourth-order valence-electron chi connectivity index (χ4n) is 7.80. The third-order valence-corrected chi connectivity index (χ3v) is 11.0. The van der Waals surface area contributed by atoms with Gasteiger partial charge in [0.05, 0.1) is 26.3 Å². The zero-order valence-electron chi connectivity index (χ0n) is 35.0. The predicted molar refractivity (Wildman–Crippen MR) is 236 cm³/mol. The van der Waals surface area contributed by atoms with Gasteiger partial charge in [-0.15, -0.1) is 0 Å². The number of carbonyl (C=O) groups excluding carboxylic acids is 3. The van der Waals surface area contributed by atoms with Crippen LogP contribution in [0.1, 0.15) is 70.8 Å². The summed E-state index contributed by atoms with van der Waals surface area (Å²) < 4.78 is 23.0. The van der Waals surface area contributed by atoms with Crippen LogP contribution >= 0.6 is 0 Å². The van der Waals surface area contributed by atoms with E-state index in [2.05, 4.69) is 40.2 Å². The van der Waals surface area contributed by atoms with Crippen LogP contribution in [0.5, 0.6) is 17.2 Å². The number of carbonyl (C=O) groups is 3. The van der Waals surface area contributed by atoms with E-state index in [1.165, 1.54) is 0 Å². The van der Waals surface area contributed by atoms with Crippen LogP contribution in [-0.4, -0.2) is 51.4 Å². The van der Waals surface area contributed by atoms with Crippen molar-refractivity contribution in [1.29, 1.82) is 0 Å². The topological polar surface area (TPSA) is 124 Å². The molecular weight excluding hydrogens is 767 g/mol. The molecule has 0 aromatic heterocycles. The van der Waals surface area contributed by atoms with Crippen LogP contribution in [0.2, 0.25) is 0 Å². The van der Waals surface area contributed by atoms with Crippen LogP contribution in [0.15, 0.2) is 146 Å². The molecule has 0 fully saturated rings. The number of fused-ring (bicyclic) bond motifs is 3. The standard InChI is InChI=1S/C51H51N3O7/c1-32(2)47(54-51(57)61-30-44-41-17-11-9-15-39(41)40-16-10-12-18-42(40)44)50(56)53-49(43-28-27-38(58-4)29-45(43)59-5)36-23-25-37(26-24-36)60-31-46(55)52-48(34-13-7-6-8-14-34)35-21-19-33(3)20-22-35/h6-29,32,44,47-49H,30-31H2,1-5H3,(H,52,55)(H,53,56)(H,54,57)/t47-,48?,49?/m1/s1. The molecule has 0 heterocycles. The van der Waals surface area contributed by atoms with E-state index in [1.54, 1.807) is 38.5 Å². The first-order valence-corrected chi connectivity index (χ1v) is 20.4. The molecule has 7 rings (SSSR count). The van der Waals surface area contributed by atoms with Gasteiger partial charge in [-0.25, -0.2) is 4.79 Å². The van der Waals surface area contributed by atoms with Crippen molar-refractivity contribution in [2.45, 2.75) is 44.8 Å². The van der Waals surface area contributed by atoms with Crippen molar-refractivity contribution in [3.8, 4) is 28.4 Å². The lowest BCUT2D eigenvalue weighted by Gasteiger charge is -2.27. The van der Waals surface area contributed by atoms with Crippen LogP contribution in [-0.2, 0) is 14.3 Å². The molecule has 10 heteroatoms. The maximum absolute atomic E-state index is 14.2. The highest BCUT2D eigenvalue weighted by Crippen LogP contribution is 2.44. The van der Waals surface area contributed by atoms with E-state index in [-0.39, 0.29) is 37.0 Å². The first kappa shape index (κ1) is 42.1. The minimum absolute atomic E-state index is 0.119. The van der Waals surface area contributed by atoms with Gasteiger partial charge in [-0.2, -0.15) is 0 Å². The zero-order chi connectivity index (χ0) is 42.9. The smallest absolute Gasteiger partial charge is 0.407 e. The van der Waals surface area contributed by atoms with Crippen molar-refractivity contribution in [3.05, 3.63) is 185 Å². The average Bonchev–Trinajstić information content (AvgIpc) is 3.61. The first-order valence-electron chi connectivity index (χ1n) is 20.4. The van der Waals surface area contributed by atoms with Gasteiger partial charge < -0.3 is 34.9 Å². The second kappa shape index (κ2) is 19.3. The van der Waals surface area contributed by atoms with E-state index in [0.29, 0.717) is 28.4 Å². The molecule has 61 heavy (non-hydrogen) atoms. The molecule has 3 N–H and O–H groups in total. The summed E-state index contributed by atoms with van der Waals surface area (Å²) in [5.74, 6) is 0.445. The number of ether oxygens (including phenoxy) is 4. The summed E-state index contributed by atoms with van der Waals surface area (Å²) in [6, 6.07) is 44.7. The lowest BCUT2D eigenvalue weighted by molar-refractivity contribution is -0.125. The average molecular weight is 818 g/mol. The molecular formula is C51H51N3O7. The molecule has 0 spiro atoms. The largest absolute Gasteiger partial charge is 0.497 e. The van der Waals surface area contributed by atoms with Crippen LogP contribution < -0.4 is 30.2 Å². The summed E-state index contributed by atoms with van der Waals surface area (Å²) in [5, 5.41) is 9.12. The maximum Gasteiger partial charge on any atom is 0.407 e. The SMILES string of the molecule is COc1ccc(C(NC(=O)[C@H](NC(=O)OCC2c3ccccc3-c3ccccc32)C(C)C)c2ccc(OCC(=O)NC(c3ccccc3)c3ccc(C)cc3)cc2)c(OC)c1. The molecule has 2 unspecified atom stereocenters. The number of benzene rings is 6. The highest BCUT2D eigenvalue weighted by Gasteiger charge is 2.32. The zero-order valence-corrected chi connectivity index (χ0v) is 35.0. The summed E-state index contributed by atoms with van der Waals surface area (Å²) in [6.45, 7) is 5.66. The van der Waals surface area contributed by atoms with E-state index in [9.17, 15) is 14.4 Å². The van der Waals surface area contributed by atoms with Gasteiger partial charge in [-0.3, -0.25) is 9.59 Å². The molecule has 3 atom stereocenters. The van der Waals surface area contributed by atoms with E-state index in [4.69, 9.17) is 18.9 Å². The Hall–Kier alpha value is -7.07. The van der Waals surface area contributed by atoms with Gasteiger partial charge in [0.25, 0.3) is 5.91 Å². The second-order valence-corrected chi connectivity index (χ2v) is 15.4. The van der Waals surface area contributed by atoms with Gasteiger partial charge in [-0.1, -0.05) is 135 Å². The number of hydrogen-bond acceptors (Lipinski definition) is 7. The molecule has 6 aromatic carbocycles. The van der Waals surface area contributed by atoms with Crippen molar-refractivity contribution in [2.75, 3.05) is 27.4 Å². The highest BCUT2D eigenvalue weighted by atomic mass is 16.5. The predicted octanol–water partition coefficient (Wildman–Crippen LogP) is 9.07. The molecule has 0 saturated heterocycles. The maximum atomic E-state index is 14.2. The summed E-state index contributed by atoms with van der Waals surface area (Å²) >= 11 is 0. The van der Waals surface area contributed by atoms with Crippen LogP contribution in [0, 0.1) is 12.8 Å². The molecule has 312 valence electrons. The minimum atomic E-state index is -0.928. The number of aryl methyl sites for hydroxylation is 1. The van der Waals surface area contributed by atoms with Crippen molar-refractivity contribution < 1.29 is 33.3 Å². The van der Waals surface area contributed by atoms with Gasteiger partial charge in [-0.05, 0) is 76.1 Å². The number of alkyl carbamates (subject to hydrolysis) is 1.